The minimum Gasteiger partial charge on any atom is -0.494 e. The van der Waals surface area contributed by atoms with Gasteiger partial charge in [-0.2, -0.15) is 0 Å². The Kier molecular flexibility index (Phi) is 6.42. The van der Waals surface area contributed by atoms with Crippen molar-refractivity contribution in [3.63, 3.8) is 0 Å². The molecule has 0 spiro atoms. The summed E-state index contributed by atoms with van der Waals surface area (Å²) >= 11 is 0. The van der Waals surface area contributed by atoms with Crippen LogP contribution in [0.2, 0.25) is 0 Å². The molecule has 20 heavy (non-hydrogen) atoms. The van der Waals surface area contributed by atoms with Crippen LogP contribution in [0, 0.1) is 5.92 Å². The lowest BCUT2D eigenvalue weighted by Crippen LogP contribution is -2.25. The molecule has 1 saturated carbocycles. The van der Waals surface area contributed by atoms with Crippen LogP contribution in [0.3, 0.4) is 0 Å². The number of amides is 1. The summed E-state index contributed by atoms with van der Waals surface area (Å²) in [6, 6.07) is 9.78. The van der Waals surface area contributed by atoms with Crippen molar-refractivity contribution in [1.29, 1.82) is 0 Å². The van der Waals surface area contributed by atoms with Gasteiger partial charge in [-0.15, -0.1) is 0 Å². The average molecular weight is 275 g/mol. The van der Waals surface area contributed by atoms with Crippen LogP contribution >= 0.6 is 0 Å². The summed E-state index contributed by atoms with van der Waals surface area (Å²) in [7, 11) is 0. The van der Waals surface area contributed by atoms with E-state index in [0.717, 1.165) is 24.5 Å². The van der Waals surface area contributed by atoms with E-state index >= 15 is 0 Å². The van der Waals surface area contributed by atoms with E-state index in [9.17, 15) is 4.79 Å². The van der Waals surface area contributed by atoms with Gasteiger partial charge in [-0.05, 0) is 30.9 Å². The van der Waals surface area contributed by atoms with Crippen LogP contribution in [-0.4, -0.2) is 19.1 Å². The van der Waals surface area contributed by atoms with Gasteiger partial charge in [-0.3, -0.25) is 4.79 Å². The first-order chi connectivity index (χ1) is 9.84. The van der Waals surface area contributed by atoms with Gasteiger partial charge in [0, 0.05) is 13.0 Å². The molecule has 1 aliphatic rings. The molecule has 1 aliphatic carbocycles. The molecule has 3 nitrogen and oxygen atoms in total. The highest BCUT2D eigenvalue weighted by atomic mass is 16.5. The molecule has 3 heteroatoms. The number of rotatable bonds is 8. The SMILES string of the molecule is O=C(CCC1CCCC1)NCCCOc1ccccc1. The molecule has 0 radical (unpaired) electrons. The fraction of sp³-hybridized carbons (Fsp3) is 0.588. The number of hydrogen-bond donors (Lipinski definition) is 1. The van der Waals surface area contributed by atoms with Crippen molar-refractivity contribution < 1.29 is 9.53 Å². The van der Waals surface area contributed by atoms with Gasteiger partial charge in [0.2, 0.25) is 5.91 Å². The van der Waals surface area contributed by atoms with Gasteiger partial charge in [0.25, 0.3) is 0 Å². The van der Waals surface area contributed by atoms with Crippen LogP contribution in [0.1, 0.15) is 44.9 Å². The van der Waals surface area contributed by atoms with Crippen molar-refractivity contribution in [2.75, 3.05) is 13.2 Å². The van der Waals surface area contributed by atoms with Crippen LogP contribution in [0.5, 0.6) is 5.75 Å². The second kappa shape index (κ2) is 8.62. The van der Waals surface area contributed by atoms with Gasteiger partial charge in [0.15, 0.2) is 0 Å². The Hall–Kier alpha value is -1.51. The van der Waals surface area contributed by atoms with E-state index in [-0.39, 0.29) is 5.91 Å². The number of para-hydroxylation sites is 1. The normalized spacial score (nSPS) is 15.2. The number of hydrogen-bond acceptors (Lipinski definition) is 2. The second-order valence-electron chi connectivity index (χ2n) is 5.55. The Bertz CT molecular complexity index is 385. The summed E-state index contributed by atoms with van der Waals surface area (Å²) in [5, 5.41) is 2.97. The monoisotopic (exact) mass is 275 g/mol. The number of carbonyl (C=O) groups excluding carboxylic acids is 1. The summed E-state index contributed by atoms with van der Waals surface area (Å²) in [6.45, 7) is 1.35. The van der Waals surface area contributed by atoms with Gasteiger partial charge in [-0.1, -0.05) is 43.9 Å². The van der Waals surface area contributed by atoms with Crippen LogP contribution in [-0.2, 0) is 4.79 Å². The molecule has 0 aliphatic heterocycles. The van der Waals surface area contributed by atoms with Crippen molar-refractivity contribution in [2.45, 2.75) is 44.9 Å². The predicted octanol–water partition coefficient (Wildman–Crippen LogP) is 3.54. The zero-order chi connectivity index (χ0) is 14.0. The first kappa shape index (κ1) is 14.9. The number of ether oxygens (including phenoxy) is 1. The van der Waals surface area contributed by atoms with E-state index < -0.39 is 0 Å². The molecular weight excluding hydrogens is 250 g/mol. The van der Waals surface area contributed by atoms with E-state index in [1.807, 2.05) is 30.3 Å². The molecule has 0 atom stereocenters. The minimum atomic E-state index is 0.191. The topological polar surface area (TPSA) is 38.3 Å². The maximum atomic E-state index is 11.7. The van der Waals surface area contributed by atoms with Crippen molar-refractivity contribution >= 4 is 5.91 Å². The summed E-state index contributed by atoms with van der Waals surface area (Å²) in [5.74, 6) is 1.87. The van der Waals surface area contributed by atoms with E-state index in [1.165, 1.54) is 25.7 Å². The van der Waals surface area contributed by atoms with E-state index in [0.29, 0.717) is 19.6 Å². The van der Waals surface area contributed by atoms with Crippen LogP contribution < -0.4 is 10.1 Å². The van der Waals surface area contributed by atoms with Gasteiger partial charge >= 0.3 is 0 Å². The van der Waals surface area contributed by atoms with Gasteiger partial charge < -0.3 is 10.1 Å². The van der Waals surface area contributed by atoms with E-state index in [2.05, 4.69) is 5.32 Å². The molecule has 1 aromatic rings. The fourth-order valence-corrected chi connectivity index (χ4v) is 2.73. The number of benzene rings is 1. The van der Waals surface area contributed by atoms with E-state index in [4.69, 9.17) is 4.74 Å². The van der Waals surface area contributed by atoms with Crippen molar-refractivity contribution in [1.82, 2.24) is 5.32 Å². The highest BCUT2D eigenvalue weighted by Crippen LogP contribution is 2.28. The Balaban J connectivity index is 1.47. The summed E-state index contributed by atoms with van der Waals surface area (Å²) in [6.07, 6.45) is 7.93. The molecule has 1 aromatic carbocycles. The van der Waals surface area contributed by atoms with E-state index in [1.54, 1.807) is 0 Å². The van der Waals surface area contributed by atoms with Crippen molar-refractivity contribution in [2.24, 2.45) is 5.92 Å². The molecule has 0 bridgehead atoms. The van der Waals surface area contributed by atoms with Gasteiger partial charge in [0.1, 0.15) is 5.75 Å². The van der Waals surface area contributed by atoms with Gasteiger partial charge in [0.05, 0.1) is 6.61 Å². The van der Waals surface area contributed by atoms with Crippen molar-refractivity contribution in [3.8, 4) is 5.75 Å². The highest BCUT2D eigenvalue weighted by Gasteiger charge is 2.15. The fourth-order valence-electron chi connectivity index (χ4n) is 2.73. The molecule has 0 saturated heterocycles. The molecule has 110 valence electrons. The Labute approximate surface area is 121 Å². The zero-order valence-corrected chi connectivity index (χ0v) is 12.1. The standard InChI is InChI=1S/C17H25NO2/c19-17(12-11-15-7-4-5-8-15)18-13-6-14-20-16-9-2-1-3-10-16/h1-3,9-10,15H,4-8,11-14H2,(H,18,19). The molecule has 1 N–H and O–H groups in total. The van der Waals surface area contributed by atoms with Gasteiger partial charge in [-0.25, -0.2) is 0 Å². The maximum Gasteiger partial charge on any atom is 0.220 e. The second-order valence-corrected chi connectivity index (χ2v) is 5.55. The Morgan fingerprint density at radius 3 is 2.70 bits per heavy atom. The summed E-state index contributed by atoms with van der Waals surface area (Å²) in [4.78, 5) is 11.7. The zero-order valence-electron chi connectivity index (χ0n) is 12.1. The number of nitrogens with one attached hydrogen (secondary N) is 1. The van der Waals surface area contributed by atoms with Crippen LogP contribution in [0.25, 0.3) is 0 Å². The third-order valence-corrected chi connectivity index (χ3v) is 3.91. The highest BCUT2D eigenvalue weighted by molar-refractivity contribution is 5.75. The molecular formula is C17H25NO2. The molecule has 1 fully saturated rings. The average Bonchev–Trinajstić information content (AvgIpc) is 2.99. The molecule has 2 rings (SSSR count). The smallest absolute Gasteiger partial charge is 0.220 e. The van der Waals surface area contributed by atoms with Crippen LogP contribution in [0.15, 0.2) is 30.3 Å². The molecule has 1 amide bonds. The lowest BCUT2D eigenvalue weighted by atomic mass is 10.0. The Morgan fingerprint density at radius 1 is 1.20 bits per heavy atom. The van der Waals surface area contributed by atoms with Crippen molar-refractivity contribution in [3.05, 3.63) is 30.3 Å². The predicted molar refractivity (Wildman–Crippen MR) is 80.8 cm³/mol. The number of carbonyl (C=O) groups is 1. The first-order valence-corrected chi connectivity index (χ1v) is 7.79. The third-order valence-electron chi connectivity index (χ3n) is 3.91. The lowest BCUT2D eigenvalue weighted by molar-refractivity contribution is -0.121. The summed E-state index contributed by atoms with van der Waals surface area (Å²) < 4.78 is 5.58. The Morgan fingerprint density at radius 2 is 1.95 bits per heavy atom. The largest absolute Gasteiger partial charge is 0.494 e. The minimum absolute atomic E-state index is 0.191. The maximum absolute atomic E-state index is 11.7. The third kappa shape index (κ3) is 5.64. The molecule has 0 aromatic heterocycles. The summed E-state index contributed by atoms with van der Waals surface area (Å²) in [5.41, 5.74) is 0. The quantitative estimate of drug-likeness (QED) is 0.737. The molecule has 0 unspecified atom stereocenters. The lowest BCUT2D eigenvalue weighted by Gasteiger charge is -2.09. The van der Waals surface area contributed by atoms with Crippen LogP contribution in [0.4, 0.5) is 0 Å². The molecule has 0 heterocycles. The first-order valence-electron chi connectivity index (χ1n) is 7.79.